The number of para-hydroxylation sites is 1. The summed E-state index contributed by atoms with van der Waals surface area (Å²) in [4.78, 5) is 0. The lowest BCUT2D eigenvalue weighted by Gasteiger charge is -2.04. The van der Waals surface area contributed by atoms with E-state index in [1.54, 1.807) is 0 Å². The first-order valence-corrected chi connectivity index (χ1v) is 8.83. The largest absolute Gasteiger partial charge is 0.278 e. The van der Waals surface area contributed by atoms with Gasteiger partial charge in [-0.25, -0.2) is 0 Å². The van der Waals surface area contributed by atoms with Gasteiger partial charge in [0.2, 0.25) is 0 Å². The molecule has 2 rings (SSSR count). The molecule has 116 valence electrons. The van der Waals surface area contributed by atoms with Crippen molar-refractivity contribution in [2.45, 2.75) is 77.6 Å². The molecule has 2 aromatic rings. The Bertz CT molecular complexity index is 501. The van der Waals surface area contributed by atoms with Crippen LogP contribution in [0.1, 0.15) is 76.7 Å². The lowest BCUT2D eigenvalue weighted by Crippen LogP contribution is -1.88. The molecule has 21 heavy (non-hydrogen) atoms. The van der Waals surface area contributed by atoms with Crippen molar-refractivity contribution >= 4 is 10.9 Å². The number of rotatable bonds is 11. The molecule has 0 saturated heterocycles. The van der Waals surface area contributed by atoms with Gasteiger partial charge in [0, 0.05) is 5.39 Å². The maximum absolute atomic E-state index is 4.14. The van der Waals surface area contributed by atoms with Crippen molar-refractivity contribution in [1.29, 1.82) is 0 Å². The van der Waals surface area contributed by atoms with Crippen molar-refractivity contribution in [3.63, 3.8) is 0 Å². The fourth-order valence-corrected chi connectivity index (χ4v) is 3.04. The molecule has 1 aromatic heterocycles. The minimum atomic E-state index is 1.18. The number of nitrogens with one attached hydrogen (secondary N) is 1. The Morgan fingerprint density at radius 2 is 1.52 bits per heavy atom. The third-order valence-electron chi connectivity index (χ3n) is 4.36. The van der Waals surface area contributed by atoms with E-state index >= 15 is 0 Å². The lowest BCUT2D eigenvalue weighted by molar-refractivity contribution is 0.556. The number of aromatic nitrogens is 2. The number of unbranched alkanes of at least 4 members (excludes halogenated alkanes) is 9. The highest BCUT2D eigenvalue weighted by Crippen LogP contribution is 2.18. The summed E-state index contributed by atoms with van der Waals surface area (Å²) in [7, 11) is 0. The minimum absolute atomic E-state index is 1.18. The van der Waals surface area contributed by atoms with Gasteiger partial charge in [-0.3, -0.25) is 5.10 Å². The van der Waals surface area contributed by atoms with Crippen molar-refractivity contribution in [3.05, 3.63) is 30.0 Å². The van der Waals surface area contributed by atoms with Crippen LogP contribution in [0, 0.1) is 0 Å². The zero-order valence-electron chi connectivity index (χ0n) is 13.5. The van der Waals surface area contributed by atoms with Gasteiger partial charge in [0.05, 0.1) is 11.7 Å². The van der Waals surface area contributed by atoms with E-state index in [0.29, 0.717) is 0 Å². The van der Waals surface area contributed by atoms with Crippen LogP contribution in [0.2, 0.25) is 0 Å². The van der Waals surface area contributed by atoms with Crippen molar-refractivity contribution in [3.8, 4) is 0 Å². The van der Waals surface area contributed by atoms with E-state index in [-0.39, 0.29) is 0 Å². The van der Waals surface area contributed by atoms with Crippen molar-refractivity contribution in [1.82, 2.24) is 10.2 Å². The summed E-state index contributed by atoms with van der Waals surface area (Å²) in [5.41, 5.74) is 2.65. The average Bonchev–Trinajstić information content (AvgIpc) is 2.98. The molecule has 0 radical (unpaired) electrons. The predicted octanol–water partition coefficient (Wildman–Crippen LogP) is 6.03. The van der Waals surface area contributed by atoms with E-state index in [9.17, 15) is 0 Å². The van der Waals surface area contributed by atoms with E-state index in [1.807, 2.05) is 6.20 Å². The van der Waals surface area contributed by atoms with Crippen LogP contribution in [0.5, 0.6) is 0 Å². The predicted molar refractivity (Wildman–Crippen MR) is 91.6 cm³/mol. The molecule has 0 spiro atoms. The van der Waals surface area contributed by atoms with E-state index in [1.165, 1.54) is 87.1 Å². The minimum Gasteiger partial charge on any atom is -0.278 e. The number of aryl methyl sites for hydroxylation is 1. The molecule has 0 aliphatic heterocycles. The first-order chi connectivity index (χ1) is 10.4. The van der Waals surface area contributed by atoms with E-state index < -0.39 is 0 Å². The van der Waals surface area contributed by atoms with Crippen LogP contribution >= 0.6 is 0 Å². The number of aromatic amines is 1. The second-order valence-electron chi connectivity index (χ2n) is 6.18. The Kier molecular flexibility index (Phi) is 7.34. The van der Waals surface area contributed by atoms with Gasteiger partial charge in [-0.1, -0.05) is 82.9 Å². The second-order valence-corrected chi connectivity index (χ2v) is 6.18. The van der Waals surface area contributed by atoms with Gasteiger partial charge in [-0.05, 0) is 18.4 Å². The number of benzene rings is 1. The summed E-state index contributed by atoms with van der Waals surface area (Å²) in [6, 6.07) is 6.50. The molecule has 0 amide bonds. The van der Waals surface area contributed by atoms with Crippen LogP contribution in [0.15, 0.2) is 24.4 Å². The highest BCUT2D eigenvalue weighted by molar-refractivity contribution is 5.81. The van der Waals surface area contributed by atoms with Gasteiger partial charge in [0.15, 0.2) is 0 Å². The summed E-state index contributed by atoms with van der Waals surface area (Å²) in [5.74, 6) is 0. The van der Waals surface area contributed by atoms with Gasteiger partial charge >= 0.3 is 0 Å². The zero-order valence-corrected chi connectivity index (χ0v) is 13.5. The highest BCUT2D eigenvalue weighted by Gasteiger charge is 2.02. The van der Waals surface area contributed by atoms with Gasteiger partial charge in [0.25, 0.3) is 0 Å². The summed E-state index contributed by atoms with van der Waals surface area (Å²) < 4.78 is 0. The lowest BCUT2D eigenvalue weighted by atomic mass is 10.0. The van der Waals surface area contributed by atoms with E-state index in [2.05, 4.69) is 35.3 Å². The molecule has 2 nitrogen and oxygen atoms in total. The number of hydrogen-bond donors (Lipinski definition) is 1. The van der Waals surface area contributed by atoms with Crippen LogP contribution in [0.4, 0.5) is 0 Å². The Morgan fingerprint density at radius 3 is 2.24 bits per heavy atom. The SMILES string of the molecule is CCCCCCCCCCCCc1cccc2cn[nH]c12. The smallest absolute Gasteiger partial charge is 0.0682 e. The Morgan fingerprint density at radius 1 is 0.857 bits per heavy atom. The third kappa shape index (κ3) is 5.53. The Labute approximate surface area is 129 Å². The fourth-order valence-electron chi connectivity index (χ4n) is 3.04. The average molecular weight is 286 g/mol. The molecule has 0 saturated carbocycles. The number of nitrogens with zero attached hydrogens (tertiary/aromatic N) is 1. The normalized spacial score (nSPS) is 11.3. The van der Waals surface area contributed by atoms with Crippen LogP contribution in [0.25, 0.3) is 10.9 Å². The molecule has 1 N–H and O–H groups in total. The number of fused-ring (bicyclic) bond motifs is 1. The first-order valence-electron chi connectivity index (χ1n) is 8.83. The van der Waals surface area contributed by atoms with Crippen molar-refractivity contribution in [2.75, 3.05) is 0 Å². The van der Waals surface area contributed by atoms with E-state index in [0.717, 1.165) is 0 Å². The molecule has 0 unspecified atom stereocenters. The number of hydrogen-bond acceptors (Lipinski definition) is 1. The molecule has 0 bridgehead atoms. The monoisotopic (exact) mass is 286 g/mol. The van der Waals surface area contributed by atoms with Crippen LogP contribution in [-0.2, 0) is 6.42 Å². The van der Waals surface area contributed by atoms with Gasteiger partial charge in [0.1, 0.15) is 0 Å². The second kappa shape index (κ2) is 9.59. The first kappa shape index (κ1) is 16.1. The molecular formula is C19H30N2. The molecule has 2 heteroatoms. The van der Waals surface area contributed by atoms with Crippen LogP contribution < -0.4 is 0 Å². The van der Waals surface area contributed by atoms with Crippen molar-refractivity contribution < 1.29 is 0 Å². The van der Waals surface area contributed by atoms with Gasteiger partial charge in [-0.15, -0.1) is 0 Å². The van der Waals surface area contributed by atoms with Crippen LogP contribution in [0.3, 0.4) is 0 Å². The molecule has 0 aliphatic carbocycles. The van der Waals surface area contributed by atoms with Crippen molar-refractivity contribution in [2.24, 2.45) is 0 Å². The summed E-state index contributed by atoms with van der Waals surface area (Å²) >= 11 is 0. The fraction of sp³-hybridized carbons (Fsp3) is 0.632. The standard InChI is InChI=1S/C19H30N2/c1-2-3-4-5-6-7-8-9-10-11-13-17-14-12-15-18-16-20-21-19(17)18/h12,14-16H,2-11,13H2,1H3,(H,20,21). The third-order valence-corrected chi connectivity index (χ3v) is 4.36. The quantitative estimate of drug-likeness (QED) is 0.502. The van der Waals surface area contributed by atoms with Crippen LogP contribution in [-0.4, -0.2) is 10.2 Å². The molecule has 1 aromatic carbocycles. The molecule has 0 aliphatic rings. The summed E-state index contributed by atoms with van der Waals surface area (Å²) in [5, 5.41) is 8.50. The molecule has 0 fully saturated rings. The number of H-pyrrole nitrogens is 1. The maximum Gasteiger partial charge on any atom is 0.0682 e. The zero-order chi connectivity index (χ0) is 14.8. The van der Waals surface area contributed by atoms with Gasteiger partial charge in [-0.2, -0.15) is 5.10 Å². The summed E-state index contributed by atoms with van der Waals surface area (Å²) in [6.45, 7) is 2.28. The Balaban J connectivity index is 1.53. The Hall–Kier alpha value is -1.31. The topological polar surface area (TPSA) is 28.7 Å². The molecule has 1 heterocycles. The van der Waals surface area contributed by atoms with E-state index in [4.69, 9.17) is 0 Å². The summed E-state index contributed by atoms with van der Waals surface area (Å²) in [6.07, 6.45) is 17.1. The molecule has 0 atom stereocenters. The van der Waals surface area contributed by atoms with Gasteiger partial charge < -0.3 is 0 Å². The molecular weight excluding hydrogens is 256 g/mol. The highest BCUT2D eigenvalue weighted by atomic mass is 15.1. The maximum atomic E-state index is 4.14.